The van der Waals surface area contributed by atoms with E-state index in [0.29, 0.717) is 13.2 Å². The Kier molecular flexibility index (Phi) is 6.06. The van der Waals surface area contributed by atoms with E-state index in [1.165, 1.54) is 11.1 Å². The van der Waals surface area contributed by atoms with Gasteiger partial charge in [0.05, 0.1) is 26.0 Å². The van der Waals surface area contributed by atoms with E-state index in [4.69, 9.17) is 9.47 Å². The highest BCUT2D eigenvalue weighted by Gasteiger charge is 2.22. The average Bonchev–Trinajstić information content (AvgIpc) is 3.17. The van der Waals surface area contributed by atoms with Gasteiger partial charge in [-0.2, -0.15) is 0 Å². The first kappa shape index (κ1) is 19.8. The summed E-state index contributed by atoms with van der Waals surface area (Å²) in [7, 11) is 1.71. The van der Waals surface area contributed by atoms with Crippen molar-refractivity contribution in [1.29, 1.82) is 0 Å². The van der Waals surface area contributed by atoms with E-state index in [9.17, 15) is 0 Å². The van der Waals surface area contributed by atoms with Gasteiger partial charge in [-0.15, -0.1) is 10.2 Å². The molecular formula is C22H26N4O2S. The number of methoxy groups -OCH3 is 1. The van der Waals surface area contributed by atoms with Crippen molar-refractivity contribution in [1.82, 2.24) is 14.8 Å². The molecule has 7 heteroatoms. The van der Waals surface area contributed by atoms with Crippen molar-refractivity contribution in [2.45, 2.75) is 24.8 Å². The fraction of sp³-hybridized carbons (Fsp3) is 0.364. The number of aromatic nitrogens is 3. The van der Waals surface area contributed by atoms with Gasteiger partial charge in [0.25, 0.3) is 0 Å². The van der Waals surface area contributed by atoms with Gasteiger partial charge in [-0.3, -0.25) is 4.57 Å². The van der Waals surface area contributed by atoms with Crippen molar-refractivity contribution in [3.05, 3.63) is 59.2 Å². The summed E-state index contributed by atoms with van der Waals surface area (Å²) >= 11 is 1.68. The van der Waals surface area contributed by atoms with E-state index in [2.05, 4.69) is 69.9 Å². The van der Waals surface area contributed by atoms with E-state index in [1.54, 1.807) is 18.9 Å². The van der Waals surface area contributed by atoms with Gasteiger partial charge in [0, 0.05) is 24.4 Å². The second-order valence-corrected chi connectivity index (χ2v) is 8.05. The minimum absolute atomic E-state index is 0.712. The Balaban J connectivity index is 1.69. The predicted molar refractivity (Wildman–Crippen MR) is 116 cm³/mol. The fourth-order valence-electron chi connectivity index (χ4n) is 3.51. The molecule has 4 rings (SSSR count). The maximum atomic E-state index is 5.54. The monoisotopic (exact) mass is 410 g/mol. The first-order chi connectivity index (χ1) is 14.2. The van der Waals surface area contributed by atoms with Crippen LogP contribution >= 0.6 is 11.8 Å². The minimum atomic E-state index is 0.712. The second kappa shape index (κ2) is 8.88. The van der Waals surface area contributed by atoms with Crippen LogP contribution in [0, 0.1) is 13.8 Å². The molecule has 0 bridgehead atoms. The first-order valence-electron chi connectivity index (χ1n) is 9.78. The number of ether oxygens (including phenoxy) is 2. The van der Waals surface area contributed by atoms with Gasteiger partial charge in [-0.1, -0.05) is 47.7 Å². The Morgan fingerprint density at radius 1 is 1.07 bits per heavy atom. The minimum Gasteiger partial charge on any atom is -0.496 e. The number of hydrogen-bond acceptors (Lipinski definition) is 6. The summed E-state index contributed by atoms with van der Waals surface area (Å²) < 4.78 is 13.2. The largest absolute Gasteiger partial charge is 0.496 e. The summed E-state index contributed by atoms with van der Waals surface area (Å²) in [6.45, 7) is 7.28. The molecule has 0 aliphatic carbocycles. The molecule has 0 N–H and O–H groups in total. The molecule has 1 fully saturated rings. The van der Waals surface area contributed by atoms with Gasteiger partial charge in [0.2, 0.25) is 5.95 Å². The number of rotatable bonds is 6. The van der Waals surface area contributed by atoms with Crippen molar-refractivity contribution in [3.8, 4) is 11.4 Å². The second-order valence-electron chi connectivity index (χ2n) is 7.11. The zero-order chi connectivity index (χ0) is 20.2. The Labute approximate surface area is 175 Å². The summed E-state index contributed by atoms with van der Waals surface area (Å²) in [5, 5.41) is 9.99. The van der Waals surface area contributed by atoms with Gasteiger partial charge in [-0.05, 0) is 31.5 Å². The predicted octanol–water partition coefficient (Wildman–Crippen LogP) is 4.02. The van der Waals surface area contributed by atoms with Crippen LogP contribution in [0.25, 0.3) is 5.69 Å². The molecule has 0 saturated carbocycles. The van der Waals surface area contributed by atoms with Crippen LogP contribution in [0.4, 0.5) is 5.95 Å². The zero-order valence-corrected chi connectivity index (χ0v) is 17.9. The Morgan fingerprint density at radius 2 is 1.86 bits per heavy atom. The molecule has 2 aromatic carbocycles. The highest BCUT2D eigenvalue weighted by molar-refractivity contribution is 7.98. The lowest BCUT2D eigenvalue weighted by atomic mass is 10.1. The van der Waals surface area contributed by atoms with Crippen LogP contribution in [0.15, 0.2) is 47.6 Å². The molecule has 6 nitrogen and oxygen atoms in total. The molecule has 152 valence electrons. The number of thioether (sulfide) groups is 1. The molecule has 0 spiro atoms. The molecule has 0 unspecified atom stereocenters. The first-order valence-corrected chi connectivity index (χ1v) is 10.8. The number of morpholine rings is 1. The molecule has 3 aromatic rings. The SMILES string of the molecule is COc1ccc(C)cc1CSc1nnc(N2CCOCC2)n1-c1ccccc1C. The number of para-hydroxylation sites is 1. The molecule has 0 atom stereocenters. The fourth-order valence-corrected chi connectivity index (χ4v) is 4.43. The number of nitrogens with zero attached hydrogens (tertiary/aromatic N) is 4. The van der Waals surface area contributed by atoms with Crippen molar-refractivity contribution in [3.63, 3.8) is 0 Å². The average molecular weight is 411 g/mol. The van der Waals surface area contributed by atoms with Gasteiger partial charge in [0.1, 0.15) is 5.75 Å². The third kappa shape index (κ3) is 4.26. The molecule has 1 saturated heterocycles. The van der Waals surface area contributed by atoms with Gasteiger partial charge < -0.3 is 14.4 Å². The van der Waals surface area contributed by atoms with E-state index in [0.717, 1.165) is 46.9 Å². The third-order valence-electron chi connectivity index (χ3n) is 5.06. The molecule has 2 heterocycles. The molecule has 0 amide bonds. The van der Waals surface area contributed by atoms with Crippen LogP contribution in [0.2, 0.25) is 0 Å². The van der Waals surface area contributed by atoms with Crippen molar-refractivity contribution in [2.75, 3.05) is 38.3 Å². The van der Waals surface area contributed by atoms with Crippen LogP contribution in [0.5, 0.6) is 5.75 Å². The summed E-state index contributed by atoms with van der Waals surface area (Å²) in [5.41, 5.74) is 4.68. The van der Waals surface area contributed by atoms with Crippen LogP contribution in [-0.2, 0) is 10.5 Å². The van der Waals surface area contributed by atoms with Gasteiger partial charge in [0.15, 0.2) is 5.16 Å². The highest BCUT2D eigenvalue weighted by Crippen LogP contribution is 2.32. The smallest absolute Gasteiger partial charge is 0.232 e. The lowest BCUT2D eigenvalue weighted by Crippen LogP contribution is -2.38. The normalized spacial score (nSPS) is 14.2. The Morgan fingerprint density at radius 3 is 2.62 bits per heavy atom. The quantitative estimate of drug-likeness (QED) is 0.572. The van der Waals surface area contributed by atoms with Crippen LogP contribution in [-0.4, -0.2) is 48.2 Å². The maximum Gasteiger partial charge on any atom is 0.232 e. The molecule has 29 heavy (non-hydrogen) atoms. The zero-order valence-electron chi connectivity index (χ0n) is 17.1. The number of benzene rings is 2. The number of anilines is 1. The topological polar surface area (TPSA) is 52.4 Å². The van der Waals surface area contributed by atoms with E-state index < -0.39 is 0 Å². The molecule has 0 radical (unpaired) electrons. The van der Waals surface area contributed by atoms with Gasteiger partial charge in [-0.25, -0.2) is 0 Å². The lowest BCUT2D eigenvalue weighted by molar-refractivity contribution is 0.122. The Bertz CT molecular complexity index is 983. The number of aryl methyl sites for hydroxylation is 2. The van der Waals surface area contributed by atoms with E-state index in [-0.39, 0.29) is 0 Å². The van der Waals surface area contributed by atoms with Crippen molar-refractivity contribution >= 4 is 17.7 Å². The summed E-state index contributed by atoms with van der Waals surface area (Å²) in [5.74, 6) is 2.54. The maximum absolute atomic E-state index is 5.54. The molecule has 1 aliphatic rings. The lowest BCUT2D eigenvalue weighted by Gasteiger charge is -2.28. The van der Waals surface area contributed by atoms with Crippen LogP contribution in [0.3, 0.4) is 0 Å². The van der Waals surface area contributed by atoms with Crippen molar-refractivity contribution < 1.29 is 9.47 Å². The standard InChI is InChI=1S/C22H26N4O2S/c1-16-8-9-20(27-3)18(14-16)15-29-22-24-23-21(25-10-12-28-13-11-25)26(22)19-7-5-4-6-17(19)2/h4-9,14H,10-13,15H2,1-3H3. The van der Waals surface area contributed by atoms with Crippen molar-refractivity contribution in [2.24, 2.45) is 0 Å². The number of hydrogen-bond donors (Lipinski definition) is 0. The summed E-state index contributed by atoms with van der Waals surface area (Å²) in [4.78, 5) is 2.25. The van der Waals surface area contributed by atoms with Gasteiger partial charge >= 0.3 is 0 Å². The highest BCUT2D eigenvalue weighted by atomic mass is 32.2. The van der Waals surface area contributed by atoms with Crippen LogP contribution in [0.1, 0.15) is 16.7 Å². The third-order valence-corrected chi connectivity index (χ3v) is 6.04. The summed E-state index contributed by atoms with van der Waals surface area (Å²) in [6, 6.07) is 14.6. The molecule has 1 aliphatic heterocycles. The molecule has 1 aromatic heterocycles. The van der Waals surface area contributed by atoms with E-state index >= 15 is 0 Å². The summed E-state index contributed by atoms with van der Waals surface area (Å²) in [6.07, 6.45) is 0. The van der Waals surface area contributed by atoms with Crippen LogP contribution < -0.4 is 9.64 Å². The van der Waals surface area contributed by atoms with E-state index in [1.807, 2.05) is 6.07 Å². The Hall–Kier alpha value is -2.51. The molecular weight excluding hydrogens is 384 g/mol.